The van der Waals surface area contributed by atoms with Crippen molar-refractivity contribution in [1.29, 1.82) is 0 Å². The van der Waals surface area contributed by atoms with Crippen LogP contribution in [-0.2, 0) is 6.42 Å². The van der Waals surface area contributed by atoms with Gasteiger partial charge in [0.2, 0.25) is 6.33 Å². The van der Waals surface area contributed by atoms with Gasteiger partial charge in [-0.15, -0.1) is 0 Å². The average molecular weight is 496 g/mol. The fourth-order valence-corrected chi connectivity index (χ4v) is 5.91. The van der Waals surface area contributed by atoms with Crippen molar-refractivity contribution in [2.75, 3.05) is 0 Å². The highest BCUT2D eigenvalue weighted by molar-refractivity contribution is 5.15. The fourth-order valence-electron chi connectivity index (χ4n) is 5.91. The van der Waals surface area contributed by atoms with Crippen LogP contribution in [-0.4, -0.2) is 4.98 Å². The van der Waals surface area contributed by atoms with E-state index in [1.54, 1.807) is 0 Å². The Morgan fingerprint density at radius 2 is 1.14 bits per heavy atom. The Kier molecular flexibility index (Phi) is 18.3. The summed E-state index contributed by atoms with van der Waals surface area (Å²) in [5.41, 5.74) is 1.49. The summed E-state index contributed by atoms with van der Waals surface area (Å²) in [7, 11) is 0. The van der Waals surface area contributed by atoms with E-state index < -0.39 is 0 Å². The number of H-pyrrole nitrogens is 1. The number of hydrogen-bond donors (Lipinski definition) is 1. The van der Waals surface area contributed by atoms with Crippen molar-refractivity contribution < 1.29 is 4.57 Å². The monoisotopic (exact) mass is 495 g/mol. The van der Waals surface area contributed by atoms with Crippen LogP contribution >= 0.6 is 0 Å². The SMILES string of the molecule is CCCCCCCCCCCCCCCCCCCC(Cc1ccccc1)C(CCC)[n+]1cc[nH]c1. The normalized spacial score (nSPS) is 13.2. The van der Waals surface area contributed by atoms with Crippen LogP contribution in [0.15, 0.2) is 49.1 Å². The minimum atomic E-state index is 0.600. The molecule has 2 heteroatoms. The lowest BCUT2D eigenvalue weighted by atomic mass is 9.85. The molecule has 0 saturated heterocycles. The molecule has 2 rings (SSSR count). The topological polar surface area (TPSA) is 19.7 Å². The minimum Gasteiger partial charge on any atom is -0.250 e. The first-order valence-electron chi connectivity index (χ1n) is 15.9. The Hall–Kier alpha value is -1.57. The number of aromatic nitrogens is 2. The zero-order valence-electron chi connectivity index (χ0n) is 24.1. The van der Waals surface area contributed by atoms with Crippen LogP contribution in [0.25, 0.3) is 0 Å². The smallest absolute Gasteiger partial charge is 0.241 e. The third-order valence-corrected chi connectivity index (χ3v) is 8.10. The van der Waals surface area contributed by atoms with Gasteiger partial charge in [0.1, 0.15) is 18.4 Å². The summed E-state index contributed by atoms with van der Waals surface area (Å²) in [5, 5.41) is 0. The highest BCUT2D eigenvalue weighted by atomic mass is 15.1. The largest absolute Gasteiger partial charge is 0.250 e. The van der Waals surface area contributed by atoms with E-state index >= 15 is 0 Å². The van der Waals surface area contributed by atoms with E-state index in [4.69, 9.17) is 0 Å². The van der Waals surface area contributed by atoms with Gasteiger partial charge in [-0.05, 0) is 24.8 Å². The molecule has 1 N–H and O–H groups in total. The standard InChI is InChI=1S/C34H58N2/c1-3-5-6-7-8-9-10-11-12-13-14-15-16-17-18-19-23-27-33(30-32-25-21-20-22-26-32)34(24-4-2)36-29-28-35-31-36/h20-22,25-26,28-29,31,33-34H,3-19,23-24,27,30H2,1-2H3/p+1. The van der Waals surface area contributed by atoms with Gasteiger partial charge in [-0.2, -0.15) is 0 Å². The summed E-state index contributed by atoms with van der Waals surface area (Å²) in [6.45, 7) is 4.63. The molecule has 0 amide bonds. The number of benzene rings is 1. The molecule has 0 saturated carbocycles. The van der Waals surface area contributed by atoms with Gasteiger partial charge in [-0.1, -0.05) is 160 Å². The van der Waals surface area contributed by atoms with Gasteiger partial charge in [0, 0.05) is 5.92 Å². The highest BCUT2D eigenvalue weighted by Gasteiger charge is 2.26. The molecule has 2 aromatic rings. The Labute approximate surface area is 224 Å². The van der Waals surface area contributed by atoms with E-state index in [9.17, 15) is 0 Å². The van der Waals surface area contributed by atoms with Crippen molar-refractivity contribution in [3.8, 4) is 0 Å². The second-order valence-electron chi connectivity index (χ2n) is 11.3. The summed E-state index contributed by atoms with van der Waals surface area (Å²) in [5.74, 6) is 0.712. The molecule has 0 radical (unpaired) electrons. The number of aromatic amines is 1. The molecular weight excluding hydrogens is 436 g/mol. The Morgan fingerprint density at radius 1 is 0.611 bits per heavy atom. The zero-order valence-corrected chi connectivity index (χ0v) is 24.1. The zero-order chi connectivity index (χ0) is 25.5. The number of imidazole rings is 1. The molecule has 0 fully saturated rings. The molecule has 1 aromatic heterocycles. The van der Waals surface area contributed by atoms with Gasteiger partial charge >= 0.3 is 0 Å². The maximum absolute atomic E-state index is 3.28. The van der Waals surface area contributed by atoms with Crippen LogP contribution in [0.4, 0.5) is 0 Å². The molecule has 2 nitrogen and oxygen atoms in total. The van der Waals surface area contributed by atoms with Crippen LogP contribution in [0.1, 0.15) is 154 Å². The van der Waals surface area contributed by atoms with Crippen LogP contribution in [0, 0.1) is 5.92 Å². The van der Waals surface area contributed by atoms with E-state index in [-0.39, 0.29) is 0 Å². The van der Waals surface area contributed by atoms with Crippen molar-refractivity contribution in [1.82, 2.24) is 4.98 Å². The third-order valence-electron chi connectivity index (χ3n) is 8.10. The minimum absolute atomic E-state index is 0.600. The highest BCUT2D eigenvalue weighted by Crippen LogP contribution is 2.28. The second-order valence-corrected chi connectivity index (χ2v) is 11.3. The van der Waals surface area contributed by atoms with Gasteiger partial charge in [0.25, 0.3) is 0 Å². The van der Waals surface area contributed by atoms with Crippen LogP contribution in [0.5, 0.6) is 0 Å². The molecule has 2 unspecified atom stereocenters. The van der Waals surface area contributed by atoms with Crippen molar-refractivity contribution >= 4 is 0 Å². The molecule has 1 heterocycles. The quantitative estimate of drug-likeness (QED) is 0.110. The average Bonchev–Trinajstić information content (AvgIpc) is 3.44. The van der Waals surface area contributed by atoms with E-state index in [2.05, 4.69) is 72.5 Å². The Bertz CT molecular complexity index is 693. The third kappa shape index (κ3) is 14.2. The molecule has 1 aromatic carbocycles. The number of rotatable bonds is 24. The number of unbranched alkanes of at least 4 members (excludes halogenated alkanes) is 16. The molecular formula is C34H59N2+. The van der Waals surface area contributed by atoms with Crippen molar-refractivity contribution in [2.24, 2.45) is 5.92 Å². The van der Waals surface area contributed by atoms with Crippen molar-refractivity contribution in [2.45, 2.75) is 155 Å². The lowest BCUT2D eigenvalue weighted by Crippen LogP contribution is -2.42. The van der Waals surface area contributed by atoms with Gasteiger partial charge in [-0.3, -0.25) is 4.98 Å². The van der Waals surface area contributed by atoms with E-state index in [0.29, 0.717) is 12.0 Å². The van der Waals surface area contributed by atoms with Crippen molar-refractivity contribution in [3.63, 3.8) is 0 Å². The van der Waals surface area contributed by atoms with Crippen molar-refractivity contribution in [3.05, 3.63) is 54.6 Å². The molecule has 0 spiro atoms. The van der Waals surface area contributed by atoms with Crippen LogP contribution < -0.4 is 4.57 Å². The fraction of sp³-hybridized carbons (Fsp3) is 0.735. The Balaban J connectivity index is 1.54. The lowest BCUT2D eigenvalue weighted by Gasteiger charge is -2.25. The van der Waals surface area contributed by atoms with Gasteiger partial charge in [0.05, 0.1) is 0 Å². The molecule has 0 aliphatic heterocycles. The van der Waals surface area contributed by atoms with Gasteiger partial charge in [-0.25, -0.2) is 4.57 Å². The molecule has 0 aliphatic carbocycles. The summed E-state index contributed by atoms with van der Waals surface area (Å²) in [6, 6.07) is 11.8. The first-order chi connectivity index (χ1) is 17.8. The molecule has 0 bridgehead atoms. The van der Waals surface area contributed by atoms with Crippen LogP contribution in [0.2, 0.25) is 0 Å². The number of hydrogen-bond acceptors (Lipinski definition) is 0. The summed E-state index contributed by atoms with van der Waals surface area (Å²) in [6.07, 6.45) is 36.0. The first kappa shape index (κ1) is 30.7. The summed E-state index contributed by atoms with van der Waals surface area (Å²) < 4.78 is 2.44. The maximum Gasteiger partial charge on any atom is 0.241 e. The molecule has 204 valence electrons. The molecule has 2 atom stereocenters. The predicted octanol–water partition coefficient (Wildman–Crippen LogP) is 10.5. The summed E-state index contributed by atoms with van der Waals surface area (Å²) in [4.78, 5) is 3.28. The van der Waals surface area contributed by atoms with Crippen LogP contribution in [0.3, 0.4) is 0 Å². The first-order valence-corrected chi connectivity index (χ1v) is 15.9. The maximum atomic E-state index is 3.28. The Morgan fingerprint density at radius 3 is 1.61 bits per heavy atom. The van der Waals surface area contributed by atoms with Gasteiger partial charge < -0.3 is 0 Å². The van der Waals surface area contributed by atoms with Gasteiger partial charge in [0.15, 0.2) is 0 Å². The predicted molar refractivity (Wildman–Crippen MR) is 157 cm³/mol. The number of nitrogens with zero attached hydrogens (tertiary/aromatic N) is 1. The van der Waals surface area contributed by atoms with E-state index in [0.717, 1.165) is 0 Å². The number of nitrogens with one attached hydrogen (secondary N) is 1. The molecule has 36 heavy (non-hydrogen) atoms. The lowest BCUT2D eigenvalue weighted by molar-refractivity contribution is -0.730. The second kappa shape index (κ2) is 21.5. The van der Waals surface area contributed by atoms with E-state index in [1.165, 1.54) is 140 Å². The summed E-state index contributed by atoms with van der Waals surface area (Å²) >= 11 is 0. The molecule has 0 aliphatic rings. The van der Waals surface area contributed by atoms with E-state index in [1.807, 2.05) is 0 Å².